The second kappa shape index (κ2) is 6.13. The number of amidine groups is 1. The van der Waals surface area contributed by atoms with Gasteiger partial charge in [-0.05, 0) is 31.0 Å². The van der Waals surface area contributed by atoms with E-state index in [1.807, 2.05) is 57.7 Å². The third-order valence-corrected chi connectivity index (χ3v) is 7.74. The van der Waals surface area contributed by atoms with Gasteiger partial charge in [0.05, 0.1) is 17.5 Å². The molecule has 2 fully saturated rings. The Kier molecular flexibility index (Phi) is 4.52. The van der Waals surface area contributed by atoms with E-state index < -0.39 is 15.3 Å². The largest absolute Gasteiger partial charge is 0.315 e. The van der Waals surface area contributed by atoms with Gasteiger partial charge in [0.25, 0.3) is 5.91 Å². The Bertz CT molecular complexity index is 854. The van der Waals surface area contributed by atoms with Crippen LogP contribution in [0.5, 0.6) is 0 Å². The highest BCUT2D eigenvalue weighted by Crippen LogP contribution is 2.42. The van der Waals surface area contributed by atoms with Gasteiger partial charge in [0.1, 0.15) is 0 Å². The van der Waals surface area contributed by atoms with Crippen LogP contribution >= 0.6 is 11.8 Å². The van der Waals surface area contributed by atoms with Crippen molar-refractivity contribution in [1.82, 2.24) is 0 Å². The normalized spacial score (nSPS) is 26.9. The zero-order chi connectivity index (χ0) is 18.6. The maximum absolute atomic E-state index is 12.5. The minimum absolute atomic E-state index is 0.0727. The molecule has 1 aromatic carbocycles. The monoisotopic (exact) mass is 380 g/mol. The van der Waals surface area contributed by atoms with Crippen LogP contribution in [-0.4, -0.2) is 42.3 Å². The highest BCUT2D eigenvalue weighted by atomic mass is 32.2. The fraction of sp³-hybridized carbons (Fsp3) is 0.556. The first-order chi connectivity index (χ1) is 11.5. The molecule has 7 heteroatoms. The molecule has 0 N–H and O–H groups in total. The van der Waals surface area contributed by atoms with E-state index in [1.165, 1.54) is 11.8 Å². The number of anilines is 1. The van der Waals surface area contributed by atoms with Crippen LogP contribution in [0.4, 0.5) is 5.69 Å². The minimum atomic E-state index is -3.05. The molecule has 0 spiro atoms. The van der Waals surface area contributed by atoms with Crippen LogP contribution in [-0.2, 0) is 14.6 Å². The third kappa shape index (κ3) is 3.62. The molecule has 0 aromatic heterocycles. The van der Waals surface area contributed by atoms with Crippen LogP contribution in [0.3, 0.4) is 0 Å². The summed E-state index contributed by atoms with van der Waals surface area (Å²) in [7, 11) is -3.05. The molecular formula is C18H24N2O3S2. The molecule has 2 saturated heterocycles. The summed E-state index contributed by atoms with van der Waals surface area (Å²) in [4.78, 5) is 18.8. The van der Waals surface area contributed by atoms with E-state index in [4.69, 9.17) is 0 Å². The Morgan fingerprint density at radius 1 is 1.24 bits per heavy atom. The Balaban J connectivity index is 2.09. The first kappa shape index (κ1) is 18.5. The van der Waals surface area contributed by atoms with E-state index in [2.05, 4.69) is 4.99 Å². The van der Waals surface area contributed by atoms with E-state index in [-0.39, 0.29) is 28.7 Å². The summed E-state index contributed by atoms with van der Waals surface area (Å²) < 4.78 is 24.2. The molecular weight excluding hydrogens is 356 g/mol. The van der Waals surface area contributed by atoms with Gasteiger partial charge in [-0.3, -0.25) is 4.79 Å². The van der Waals surface area contributed by atoms with Crippen molar-refractivity contribution in [1.29, 1.82) is 0 Å². The topological polar surface area (TPSA) is 66.8 Å². The van der Waals surface area contributed by atoms with E-state index in [0.29, 0.717) is 5.17 Å². The van der Waals surface area contributed by atoms with E-state index in [0.717, 1.165) is 16.8 Å². The van der Waals surface area contributed by atoms with Crippen molar-refractivity contribution in [2.24, 2.45) is 10.4 Å². The maximum atomic E-state index is 12.5. The van der Waals surface area contributed by atoms with Crippen LogP contribution in [0, 0.1) is 19.3 Å². The van der Waals surface area contributed by atoms with Gasteiger partial charge in [-0.1, -0.05) is 44.7 Å². The number of hydrogen-bond acceptors (Lipinski definition) is 4. The van der Waals surface area contributed by atoms with Crippen molar-refractivity contribution in [3.05, 3.63) is 29.3 Å². The summed E-state index contributed by atoms with van der Waals surface area (Å²) in [5.74, 6) is 0.0702. The number of carbonyl (C=O) groups excluding carboxylic acids is 1. The lowest BCUT2D eigenvalue weighted by Gasteiger charge is -2.27. The van der Waals surface area contributed by atoms with Gasteiger partial charge in [-0.25, -0.2) is 8.42 Å². The standard InChI is InChI=1S/C18H24N2O3S2/c1-11-6-7-12(2)13(8-11)20-14-9-25(22,23)10-15(14)24-17(20)19-16(21)18(3,4)5/h6-8,14-15H,9-10H2,1-5H3/t14-,15-/m0/s1. The quantitative estimate of drug-likeness (QED) is 0.749. The van der Waals surface area contributed by atoms with Crippen LogP contribution in [0.25, 0.3) is 0 Å². The molecule has 2 atom stereocenters. The summed E-state index contributed by atoms with van der Waals surface area (Å²) in [5.41, 5.74) is 2.52. The number of aliphatic imine (C=N–C) groups is 1. The molecule has 1 aromatic rings. The van der Waals surface area contributed by atoms with Crippen molar-refractivity contribution >= 4 is 38.4 Å². The number of carbonyl (C=O) groups is 1. The Morgan fingerprint density at radius 3 is 2.56 bits per heavy atom. The molecule has 1 amide bonds. The average Bonchev–Trinajstić information content (AvgIpc) is 2.92. The number of benzene rings is 1. The van der Waals surface area contributed by atoms with Crippen molar-refractivity contribution < 1.29 is 13.2 Å². The Labute approximate surface area is 153 Å². The summed E-state index contributed by atoms with van der Waals surface area (Å²) in [6.07, 6.45) is 0. The zero-order valence-electron chi connectivity index (χ0n) is 15.2. The number of nitrogens with zero attached hydrogens (tertiary/aromatic N) is 2. The molecule has 25 heavy (non-hydrogen) atoms. The van der Waals surface area contributed by atoms with Crippen molar-refractivity contribution in [2.45, 2.75) is 45.9 Å². The molecule has 0 unspecified atom stereocenters. The minimum Gasteiger partial charge on any atom is -0.315 e. The predicted octanol–water partition coefficient (Wildman–Crippen LogP) is 2.95. The Hall–Kier alpha value is -1.34. The van der Waals surface area contributed by atoms with Gasteiger partial charge in [-0.15, -0.1) is 0 Å². The van der Waals surface area contributed by atoms with E-state index in [9.17, 15) is 13.2 Å². The summed E-state index contributed by atoms with van der Waals surface area (Å²) >= 11 is 1.42. The molecule has 0 radical (unpaired) electrons. The van der Waals surface area contributed by atoms with Crippen molar-refractivity contribution in [3.63, 3.8) is 0 Å². The van der Waals surface area contributed by atoms with Crippen LogP contribution in [0.2, 0.25) is 0 Å². The maximum Gasteiger partial charge on any atom is 0.253 e. The number of hydrogen-bond donors (Lipinski definition) is 0. The molecule has 0 saturated carbocycles. The number of rotatable bonds is 1. The van der Waals surface area contributed by atoms with Crippen LogP contribution in [0.1, 0.15) is 31.9 Å². The second-order valence-corrected chi connectivity index (χ2v) is 11.3. The number of thioether (sulfide) groups is 1. The Morgan fingerprint density at radius 2 is 1.92 bits per heavy atom. The molecule has 136 valence electrons. The molecule has 0 bridgehead atoms. The van der Waals surface area contributed by atoms with Gasteiger partial charge in [-0.2, -0.15) is 4.99 Å². The SMILES string of the molecule is Cc1ccc(C)c(N2C(=NC(=O)C(C)(C)C)S[C@H]3CS(=O)(=O)C[C@@H]32)c1. The van der Waals surface area contributed by atoms with Crippen molar-refractivity contribution in [3.8, 4) is 0 Å². The summed E-state index contributed by atoms with van der Waals surface area (Å²) in [6.45, 7) is 9.53. The first-order valence-electron chi connectivity index (χ1n) is 8.35. The highest BCUT2D eigenvalue weighted by molar-refractivity contribution is 8.16. The third-order valence-electron chi connectivity index (χ3n) is 4.53. The molecule has 0 aliphatic carbocycles. The molecule has 2 aliphatic rings. The molecule has 2 heterocycles. The number of amides is 1. The number of aryl methyl sites for hydroxylation is 2. The number of fused-ring (bicyclic) bond motifs is 1. The number of sulfone groups is 1. The second-order valence-electron chi connectivity index (χ2n) is 7.91. The van der Waals surface area contributed by atoms with Crippen LogP contribution in [0.15, 0.2) is 23.2 Å². The first-order valence-corrected chi connectivity index (χ1v) is 11.0. The molecule has 2 aliphatic heterocycles. The fourth-order valence-corrected chi connectivity index (χ4v) is 6.98. The predicted molar refractivity (Wildman–Crippen MR) is 104 cm³/mol. The summed E-state index contributed by atoms with van der Waals surface area (Å²) in [6, 6.07) is 5.93. The fourth-order valence-electron chi connectivity index (χ4n) is 3.08. The lowest BCUT2D eigenvalue weighted by atomic mass is 9.96. The summed E-state index contributed by atoms with van der Waals surface area (Å²) in [5, 5.41) is 0.551. The van der Waals surface area contributed by atoms with Gasteiger partial charge in [0, 0.05) is 16.4 Å². The highest BCUT2D eigenvalue weighted by Gasteiger charge is 2.49. The van der Waals surface area contributed by atoms with E-state index >= 15 is 0 Å². The average molecular weight is 381 g/mol. The van der Waals surface area contributed by atoms with Gasteiger partial charge >= 0.3 is 0 Å². The van der Waals surface area contributed by atoms with Crippen LogP contribution < -0.4 is 4.90 Å². The van der Waals surface area contributed by atoms with Gasteiger partial charge < -0.3 is 4.90 Å². The van der Waals surface area contributed by atoms with Crippen molar-refractivity contribution in [2.75, 3.05) is 16.4 Å². The lowest BCUT2D eigenvalue weighted by molar-refractivity contribution is -0.124. The molecule has 5 nitrogen and oxygen atoms in total. The van der Waals surface area contributed by atoms with Gasteiger partial charge in [0.15, 0.2) is 15.0 Å². The smallest absolute Gasteiger partial charge is 0.253 e. The van der Waals surface area contributed by atoms with Gasteiger partial charge in [0.2, 0.25) is 0 Å². The lowest BCUT2D eigenvalue weighted by Crippen LogP contribution is -2.38. The zero-order valence-corrected chi connectivity index (χ0v) is 16.9. The van der Waals surface area contributed by atoms with E-state index in [1.54, 1.807) is 0 Å². The molecule has 3 rings (SSSR count).